The van der Waals surface area contributed by atoms with Gasteiger partial charge in [0.1, 0.15) is 5.75 Å². The van der Waals surface area contributed by atoms with Crippen LogP contribution in [0.25, 0.3) is 0 Å². The first-order valence-corrected chi connectivity index (χ1v) is 6.83. The first-order chi connectivity index (χ1) is 8.22. The Labute approximate surface area is 107 Å². The number of methoxy groups -OCH3 is 1. The first kappa shape index (κ1) is 12.3. The summed E-state index contributed by atoms with van der Waals surface area (Å²) in [4.78, 5) is 4.63. The van der Waals surface area contributed by atoms with E-state index in [1.54, 1.807) is 18.9 Å². The lowest BCUT2D eigenvalue weighted by molar-refractivity contribution is 0.415. The second-order valence-electron chi connectivity index (χ2n) is 4.11. The van der Waals surface area contributed by atoms with E-state index in [0.717, 1.165) is 28.8 Å². The van der Waals surface area contributed by atoms with Gasteiger partial charge in [0.15, 0.2) is 5.17 Å². The third kappa shape index (κ3) is 2.94. The fraction of sp³-hybridized carbons (Fsp3) is 0.462. The van der Waals surface area contributed by atoms with E-state index in [4.69, 9.17) is 4.74 Å². The highest BCUT2D eigenvalue weighted by Gasteiger charge is 2.16. The van der Waals surface area contributed by atoms with Gasteiger partial charge in [-0.2, -0.15) is 0 Å². The van der Waals surface area contributed by atoms with Crippen molar-refractivity contribution in [1.82, 2.24) is 0 Å². The maximum Gasteiger partial charge on any atom is 0.161 e. The minimum absolute atomic E-state index is 0.466. The molecule has 1 unspecified atom stereocenters. The third-order valence-electron chi connectivity index (χ3n) is 2.87. The quantitative estimate of drug-likeness (QED) is 0.893. The van der Waals surface area contributed by atoms with E-state index in [1.165, 1.54) is 5.56 Å². The van der Waals surface area contributed by atoms with E-state index in [0.29, 0.717) is 6.04 Å². The fourth-order valence-electron chi connectivity index (χ4n) is 1.67. The van der Waals surface area contributed by atoms with Crippen molar-refractivity contribution < 1.29 is 4.74 Å². The van der Waals surface area contributed by atoms with E-state index in [-0.39, 0.29) is 0 Å². The topological polar surface area (TPSA) is 33.6 Å². The zero-order valence-corrected chi connectivity index (χ0v) is 11.3. The summed E-state index contributed by atoms with van der Waals surface area (Å²) in [6.07, 6.45) is 1.11. The highest BCUT2D eigenvalue weighted by molar-refractivity contribution is 8.14. The molecule has 0 aromatic heterocycles. The molecule has 4 heteroatoms. The number of ether oxygens (including phenoxy) is 1. The van der Waals surface area contributed by atoms with E-state index in [2.05, 4.69) is 30.2 Å². The molecule has 1 aromatic rings. The van der Waals surface area contributed by atoms with Gasteiger partial charge in [-0.15, -0.1) is 0 Å². The highest BCUT2D eigenvalue weighted by Crippen LogP contribution is 2.26. The van der Waals surface area contributed by atoms with Gasteiger partial charge in [-0.1, -0.05) is 24.8 Å². The average Bonchev–Trinajstić information content (AvgIpc) is 2.80. The van der Waals surface area contributed by atoms with E-state index >= 15 is 0 Å². The van der Waals surface area contributed by atoms with Crippen LogP contribution in [0.5, 0.6) is 5.75 Å². The number of amidine groups is 1. The molecule has 0 saturated heterocycles. The Kier molecular flexibility index (Phi) is 3.94. The van der Waals surface area contributed by atoms with E-state index < -0.39 is 0 Å². The fourth-order valence-corrected chi connectivity index (χ4v) is 2.74. The first-order valence-electron chi connectivity index (χ1n) is 5.85. The maximum absolute atomic E-state index is 5.23. The van der Waals surface area contributed by atoms with Crippen LogP contribution in [0.3, 0.4) is 0 Å². The number of hydrogen-bond donors (Lipinski definition) is 1. The Morgan fingerprint density at radius 3 is 3.00 bits per heavy atom. The van der Waals surface area contributed by atoms with Crippen LogP contribution >= 0.6 is 11.8 Å². The zero-order valence-electron chi connectivity index (χ0n) is 10.5. The normalized spacial score (nSPS) is 19.0. The molecule has 2 rings (SSSR count). The predicted octanol–water partition coefficient (Wildman–Crippen LogP) is 3.30. The van der Waals surface area contributed by atoms with Gasteiger partial charge in [-0.3, -0.25) is 4.99 Å². The van der Waals surface area contributed by atoms with Crippen LogP contribution in [0.1, 0.15) is 18.9 Å². The number of thioether (sulfide) groups is 1. The molecule has 0 fully saturated rings. The number of aliphatic imine (C=N–C) groups is 1. The number of benzene rings is 1. The molecule has 1 aliphatic rings. The van der Waals surface area contributed by atoms with Crippen molar-refractivity contribution in [3.8, 4) is 5.75 Å². The second-order valence-corrected chi connectivity index (χ2v) is 5.12. The van der Waals surface area contributed by atoms with Crippen molar-refractivity contribution in [3.63, 3.8) is 0 Å². The maximum atomic E-state index is 5.23. The van der Waals surface area contributed by atoms with Gasteiger partial charge in [0, 0.05) is 17.5 Å². The molecular weight excluding hydrogens is 232 g/mol. The van der Waals surface area contributed by atoms with Crippen molar-refractivity contribution in [2.75, 3.05) is 18.2 Å². The average molecular weight is 250 g/mol. The molecule has 3 nitrogen and oxygen atoms in total. The minimum atomic E-state index is 0.466. The molecule has 0 radical (unpaired) electrons. The monoisotopic (exact) mass is 250 g/mol. The van der Waals surface area contributed by atoms with Gasteiger partial charge in [-0.25, -0.2) is 0 Å². The van der Waals surface area contributed by atoms with Crippen molar-refractivity contribution >= 4 is 22.6 Å². The summed E-state index contributed by atoms with van der Waals surface area (Å²) in [6.45, 7) is 4.26. The van der Waals surface area contributed by atoms with Gasteiger partial charge in [0.25, 0.3) is 0 Å². The molecule has 0 spiro atoms. The van der Waals surface area contributed by atoms with Gasteiger partial charge >= 0.3 is 0 Å². The SMILES string of the molecule is CCC1CSC(Nc2cc(OC)ccc2C)=N1. The predicted molar refractivity (Wildman–Crippen MR) is 75.3 cm³/mol. The van der Waals surface area contributed by atoms with Crippen LogP contribution in [-0.4, -0.2) is 24.1 Å². The lowest BCUT2D eigenvalue weighted by Gasteiger charge is -2.10. The van der Waals surface area contributed by atoms with E-state index in [1.807, 2.05) is 12.1 Å². The third-order valence-corrected chi connectivity index (χ3v) is 3.90. The molecule has 92 valence electrons. The Morgan fingerprint density at radius 2 is 2.35 bits per heavy atom. The number of rotatable bonds is 3. The molecule has 0 aliphatic carbocycles. The summed E-state index contributed by atoms with van der Waals surface area (Å²) in [7, 11) is 1.68. The molecule has 0 bridgehead atoms. The summed E-state index contributed by atoms with van der Waals surface area (Å²) in [5.41, 5.74) is 2.28. The minimum Gasteiger partial charge on any atom is -0.497 e. The summed E-state index contributed by atoms with van der Waals surface area (Å²) in [5, 5.41) is 4.40. The molecular formula is C13H18N2OS. The molecule has 17 heavy (non-hydrogen) atoms. The summed E-state index contributed by atoms with van der Waals surface area (Å²) in [5.74, 6) is 1.95. The molecule has 1 N–H and O–H groups in total. The lowest BCUT2D eigenvalue weighted by Crippen LogP contribution is -2.06. The van der Waals surface area contributed by atoms with Crippen LogP contribution < -0.4 is 10.1 Å². The Morgan fingerprint density at radius 1 is 1.53 bits per heavy atom. The van der Waals surface area contributed by atoms with Crippen molar-refractivity contribution in [2.24, 2.45) is 4.99 Å². The molecule has 1 aromatic carbocycles. The standard InChI is InChI=1S/C13H18N2OS/c1-4-10-8-17-13(14-10)15-12-7-11(16-3)6-5-9(12)2/h5-7,10H,4,8H2,1-3H3,(H,14,15). The molecule has 1 aliphatic heterocycles. The largest absolute Gasteiger partial charge is 0.497 e. The summed E-state index contributed by atoms with van der Waals surface area (Å²) < 4.78 is 5.23. The number of nitrogens with one attached hydrogen (secondary N) is 1. The van der Waals surface area contributed by atoms with Crippen molar-refractivity contribution in [1.29, 1.82) is 0 Å². The summed E-state index contributed by atoms with van der Waals surface area (Å²) in [6, 6.07) is 6.50. The van der Waals surface area contributed by atoms with Crippen LogP contribution in [0.15, 0.2) is 23.2 Å². The van der Waals surface area contributed by atoms with Gasteiger partial charge in [-0.05, 0) is 25.0 Å². The number of hydrogen-bond acceptors (Lipinski definition) is 4. The molecule has 0 amide bonds. The van der Waals surface area contributed by atoms with Crippen LogP contribution in [0.2, 0.25) is 0 Å². The van der Waals surface area contributed by atoms with Crippen LogP contribution in [0.4, 0.5) is 5.69 Å². The van der Waals surface area contributed by atoms with Gasteiger partial charge in [0.2, 0.25) is 0 Å². The Balaban J connectivity index is 2.13. The smallest absolute Gasteiger partial charge is 0.161 e. The Bertz CT molecular complexity index is 431. The van der Waals surface area contributed by atoms with E-state index in [9.17, 15) is 0 Å². The molecule has 1 heterocycles. The van der Waals surface area contributed by atoms with Crippen LogP contribution in [-0.2, 0) is 0 Å². The molecule has 1 atom stereocenters. The number of aryl methyl sites for hydroxylation is 1. The zero-order chi connectivity index (χ0) is 12.3. The number of nitrogens with zero attached hydrogens (tertiary/aromatic N) is 1. The summed E-state index contributed by atoms with van der Waals surface area (Å²) >= 11 is 1.79. The van der Waals surface area contributed by atoms with Crippen molar-refractivity contribution in [2.45, 2.75) is 26.3 Å². The second kappa shape index (κ2) is 5.45. The van der Waals surface area contributed by atoms with Crippen molar-refractivity contribution in [3.05, 3.63) is 23.8 Å². The van der Waals surface area contributed by atoms with Crippen LogP contribution in [0, 0.1) is 6.92 Å². The Hall–Kier alpha value is -1.16. The highest BCUT2D eigenvalue weighted by atomic mass is 32.2. The molecule has 0 saturated carbocycles. The van der Waals surface area contributed by atoms with Gasteiger partial charge in [0.05, 0.1) is 13.2 Å². The lowest BCUT2D eigenvalue weighted by atomic mass is 10.2. The van der Waals surface area contributed by atoms with Gasteiger partial charge < -0.3 is 10.1 Å². The number of anilines is 1.